The van der Waals surface area contributed by atoms with E-state index in [-0.39, 0.29) is 11.5 Å². The molecular weight excluding hydrogens is 176 g/mol. The van der Waals surface area contributed by atoms with Gasteiger partial charge in [0.1, 0.15) is 0 Å². The second-order valence-corrected chi connectivity index (χ2v) is 3.21. The van der Waals surface area contributed by atoms with Crippen LogP contribution in [0.2, 0.25) is 0 Å². The number of benzene rings is 1. The summed E-state index contributed by atoms with van der Waals surface area (Å²) in [7, 11) is 0. The molecule has 2 nitrogen and oxygen atoms in total. The minimum Gasteiger partial charge on any atom is -0.875 e. The van der Waals surface area contributed by atoms with Gasteiger partial charge in [-0.3, -0.25) is 4.79 Å². The summed E-state index contributed by atoms with van der Waals surface area (Å²) in [6.45, 7) is 1.39. The van der Waals surface area contributed by atoms with E-state index >= 15 is 0 Å². The van der Waals surface area contributed by atoms with Gasteiger partial charge < -0.3 is 5.11 Å². The minimum atomic E-state index is -0.178. The first kappa shape index (κ1) is 10.5. The lowest BCUT2D eigenvalue weighted by Gasteiger charge is -2.10. The molecule has 0 fully saturated rings. The van der Waals surface area contributed by atoms with E-state index < -0.39 is 0 Å². The van der Waals surface area contributed by atoms with Crippen LogP contribution in [0.15, 0.2) is 42.2 Å². The van der Waals surface area contributed by atoms with Gasteiger partial charge in [-0.2, -0.15) is 0 Å². The van der Waals surface area contributed by atoms with Gasteiger partial charge in [0, 0.05) is 0 Å². The molecule has 74 valence electrons. The molecule has 0 aromatic heterocycles. The van der Waals surface area contributed by atoms with E-state index in [1.807, 2.05) is 30.3 Å². The summed E-state index contributed by atoms with van der Waals surface area (Å²) in [5, 5.41) is 11.2. The maximum absolute atomic E-state index is 11.2. The number of rotatable bonds is 4. The number of carbonyl (C=O) groups is 1. The molecule has 0 aliphatic heterocycles. The second kappa shape index (κ2) is 5.22. The third kappa shape index (κ3) is 3.90. The second-order valence-electron chi connectivity index (χ2n) is 3.21. The lowest BCUT2D eigenvalue weighted by molar-refractivity contribution is -0.306. The smallest absolute Gasteiger partial charge is 0.151 e. The Morgan fingerprint density at radius 1 is 1.36 bits per heavy atom. The number of allylic oxidation sites excluding steroid dienone is 2. The first-order chi connectivity index (χ1) is 6.68. The van der Waals surface area contributed by atoms with Crippen LogP contribution in [0.5, 0.6) is 0 Å². The van der Waals surface area contributed by atoms with Gasteiger partial charge >= 0.3 is 0 Å². The van der Waals surface area contributed by atoms with Gasteiger partial charge in [0.2, 0.25) is 0 Å². The predicted molar refractivity (Wildman–Crippen MR) is 53.5 cm³/mol. The quantitative estimate of drug-likeness (QED) is 0.531. The van der Waals surface area contributed by atoms with E-state index in [0.29, 0.717) is 12.8 Å². The van der Waals surface area contributed by atoms with E-state index in [0.717, 1.165) is 11.6 Å². The highest BCUT2D eigenvalue weighted by Crippen LogP contribution is 2.05. The van der Waals surface area contributed by atoms with Crippen LogP contribution in [0, 0.1) is 0 Å². The molecule has 0 heterocycles. The molecule has 1 rings (SSSR count). The summed E-state index contributed by atoms with van der Waals surface area (Å²) in [5.74, 6) is -0.274. The van der Waals surface area contributed by atoms with E-state index in [1.54, 1.807) is 0 Å². The van der Waals surface area contributed by atoms with Crippen LogP contribution in [-0.4, -0.2) is 5.78 Å². The molecule has 1 aromatic carbocycles. The van der Waals surface area contributed by atoms with Gasteiger partial charge in [-0.1, -0.05) is 30.3 Å². The Hall–Kier alpha value is -1.57. The van der Waals surface area contributed by atoms with Crippen LogP contribution in [0.1, 0.15) is 18.9 Å². The monoisotopic (exact) mass is 189 g/mol. The molecule has 0 radical (unpaired) electrons. The van der Waals surface area contributed by atoms with E-state index in [4.69, 9.17) is 0 Å². The number of aryl methyl sites for hydroxylation is 1. The average molecular weight is 189 g/mol. The molecule has 0 atom stereocenters. The zero-order valence-electron chi connectivity index (χ0n) is 8.19. The van der Waals surface area contributed by atoms with Gasteiger partial charge in [-0.15, -0.1) is 5.76 Å². The molecular formula is C12H13O2-. The molecule has 0 bridgehead atoms. The Labute approximate surface area is 83.9 Å². The molecule has 14 heavy (non-hydrogen) atoms. The summed E-state index contributed by atoms with van der Waals surface area (Å²) in [6, 6.07) is 9.76. The van der Waals surface area contributed by atoms with E-state index in [9.17, 15) is 9.90 Å². The molecule has 0 saturated carbocycles. The fourth-order valence-electron chi connectivity index (χ4n) is 1.21. The molecule has 1 aromatic rings. The largest absolute Gasteiger partial charge is 0.875 e. The van der Waals surface area contributed by atoms with Crippen LogP contribution in [0.3, 0.4) is 0 Å². The third-order valence-electron chi connectivity index (χ3n) is 1.87. The Kier molecular flexibility index (Phi) is 3.92. The van der Waals surface area contributed by atoms with E-state index in [2.05, 4.69) is 0 Å². The summed E-state index contributed by atoms with van der Waals surface area (Å²) < 4.78 is 0. The lowest BCUT2D eigenvalue weighted by atomic mass is 10.1. The molecule has 0 spiro atoms. The van der Waals surface area contributed by atoms with Crippen molar-refractivity contribution in [1.29, 1.82) is 0 Å². The highest BCUT2D eigenvalue weighted by atomic mass is 16.3. The van der Waals surface area contributed by atoms with Crippen LogP contribution < -0.4 is 5.11 Å². The van der Waals surface area contributed by atoms with Crippen molar-refractivity contribution < 1.29 is 9.90 Å². The Morgan fingerprint density at radius 2 is 2.00 bits per heavy atom. The van der Waals surface area contributed by atoms with Crippen LogP contribution >= 0.6 is 0 Å². The van der Waals surface area contributed by atoms with Crippen molar-refractivity contribution in [2.24, 2.45) is 0 Å². The van der Waals surface area contributed by atoms with Crippen molar-refractivity contribution in [1.82, 2.24) is 0 Å². The third-order valence-corrected chi connectivity index (χ3v) is 1.87. The lowest BCUT2D eigenvalue weighted by Crippen LogP contribution is -2.06. The maximum Gasteiger partial charge on any atom is 0.151 e. The van der Waals surface area contributed by atoms with Crippen LogP contribution in [0.4, 0.5) is 0 Å². The molecule has 0 N–H and O–H groups in total. The first-order valence-corrected chi connectivity index (χ1v) is 4.60. The standard InChI is InChI=1S/C12H14O2/c1-10(13)9-12(14)8-7-11-5-3-2-4-6-11/h2-6,9,14H,7-8H2,1H3/p-1/b12-9-. The summed E-state index contributed by atoms with van der Waals surface area (Å²) in [5.41, 5.74) is 1.12. The summed E-state index contributed by atoms with van der Waals surface area (Å²) in [6.07, 6.45) is 2.26. The number of hydrogen-bond donors (Lipinski definition) is 0. The summed E-state index contributed by atoms with van der Waals surface area (Å²) >= 11 is 0. The summed E-state index contributed by atoms with van der Waals surface area (Å²) in [4.78, 5) is 10.6. The number of hydrogen-bond acceptors (Lipinski definition) is 2. The average Bonchev–Trinajstić information content (AvgIpc) is 2.15. The topological polar surface area (TPSA) is 40.1 Å². The Balaban J connectivity index is 2.45. The van der Waals surface area contributed by atoms with Crippen LogP contribution in [-0.2, 0) is 11.2 Å². The van der Waals surface area contributed by atoms with Crippen molar-refractivity contribution >= 4 is 5.78 Å². The van der Waals surface area contributed by atoms with Crippen molar-refractivity contribution in [2.75, 3.05) is 0 Å². The van der Waals surface area contributed by atoms with Gasteiger partial charge in [0.15, 0.2) is 5.78 Å². The SMILES string of the molecule is CC(=O)/C=C(\[O-])CCc1ccccc1. The minimum absolute atomic E-state index is 0.0960. The molecule has 0 aliphatic rings. The van der Waals surface area contributed by atoms with Crippen LogP contribution in [0.25, 0.3) is 0 Å². The first-order valence-electron chi connectivity index (χ1n) is 4.60. The normalized spacial score (nSPS) is 11.4. The molecule has 0 amide bonds. The van der Waals surface area contributed by atoms with Gasteiger partial charge in [-0.25, -0.2) is 0 Å². The zero-order chi connectivity index (χ0) is 10.4. The van der Waals surface area contributed by atoms with Crippen molar-refractivity contribution in [2.45, 2.75) is 19.8 Å². The number of ketones is 1. The molecule has 2 heteroatoms. The van der Waals surface area contributed by atoms with Gasteiger partial charge in [-0.05, 0) is 31.4 Å². The van der Waals surface area contributed by atoms with E-state index in [1.165, 1.54) is 6.92 Å². The highest BCUT2D eigenvalue weighted by molar-refractivity contribution is 5.87. The molecule has 0 saturated heterocycles. The zero-order valence-corrected chi connectivity index (χ0v) is 8.19. The van der Waals surface area contributed by atoms with Gasteiger partial charge in [0.25, 0.3) is 0 Å². The van der Waals surface area contributed by atoms with Crippen molar-refractivity contribution in [3.05, 3.63) is 47.7 Å². The predicted octanol–water partition coefficient (Wildman–Crippen LogP) is 1.45. The molecule has 0 unspecified atom stereocenters. The molecule has 0 aliphatic carbocycles. The Morgan fingerprint density at radius 3 is 2.57 bits per heavy atom. The number of carbonyl (C=O) groups excluding carboxylic acids is 1. The fraction of sp³-hybridized carbons (Fsp3) is 0.250. The van der Waals surface area contributed by atoms with Gasteiger partial charge in [0.05, 0.1) is 0 Å². The maximum atomic E-state index is 11.2. The Bertz CT molecular complexity index is 325. The highest BCUT2D eigenvalue weighted by Gasteiger charge is 1.91. The van der Waals surface area contributed by atoms with Crippen molar-refractivity contribution in [3.8, 4) is 0 Å². The fourth-order valence-corrected chi connectivity index (χ4v) is 1.21. The van der Waals surface area contributed by atoms with Crippen molar-refractivity contribution in [3.63, 3.8) is 0 Å².